The number of rotatable bonds is 4. The standard InChI is InChI=1S/C18H19N3O3S/c1-4-20-17(23)16-14(7-8-25-16)21(18(20)24)10-15(22)19-13-9-11(2)5-6-12(13)3/h5-9H,4,10H2,1-3H3,(H,19,22). The van der Waals surface area contributed by atoms with Crippen LogP contribution in [0.5, 0.6) is 0 Å². The summed E-state index contributed by atoms with van der Waals surface area (Å²) in [6, 6.07) is 7.50. The maximum absolute atomic E-state index is 12.6. The Morgan fingerprint density at radius 2 is 1.92 bits per heavy atom. The van der Waals surface area contributed by atoms with E-state index in [1.165, 1.54) is 15.9 Å². The minimum Gasteiger partial charge on any atom is -0.324 e. The molecule has 6 nitrogen and oxygen atoms in total. The van der Waals surface area contributed by atoms with Gasteiger partial charge in [-0.3, -0.25) is 18.7 Å². The van der Waals surface area contributed by atoms with E-state index in [2.05, 4.69) is 5.32 Å². The van der Waals surface area contributed by atoms with Crippen LogP contribution < -0.4 is 16.6 Å². The van der Waals surface area contributed by atoms with Crippen molar-refractivity contribution in [2.24, 2.45) is 0 Å². The molecule has 1 N–H and O–H groups in total. The molecule has 0 saturated carbocycles. The van der Waals surface area contributed by atoms with Crippen LogP contribution in [0, 0.1) is 13.8 Å². The lowest BCUT2D eigenvalue weighted by atomic mass is 10.1. The quantitative estimate of drug-likeness (QED) is 0.780. The molecule has 0 atom stereocenters. The summed E-state index contributed by atoms with van der Waals surface area (Å²) in [6.07, 6.45) is 0. The van der Waals surface area contributed by atoms with E-state index in [1.54, 1.807) is 18.4 Å². The summed E-state index contributed by atoms with van der Waals surface area (Å²) in [5, 5.41) is 4.61. The lowest BCUT2D eigenvalue weighted by Gasteiger charge is -2.13. The van der Waals surface area contributed by atoms with Gasteiger partial charge in [-0.05, 0) is 49.4 Å². The number of carbonyl (C=O) groups is 1. The SMILES string of the molecule is CCn1c(=O)c2sccc2n(CC(=O)Nc2cc(C)ccc2C)c1=O. The topological polar surface area (TPSA) is 73.1 Å². The van der Waals surface area contributed by atoms with Gasteiger partial charge in [0.2, 0.25) is 5.91 Å². The monoisotopic (exact) mass is 357 g/mol. The number of hydrogen-bond donors (Lipinski definition) is 1. The molecule has 0 aliphatic rings. The third-order valence-electron chi connectivity index (χ3n) is 4.12. The Balaban J connectivity index is 1.99. The van der Waals surface area contributed by atoms with Gasteiger partial charge >= 0.3 is 5.69 Å². The Morgan fingerprint density at radius 1 is 1.16 bits per heavy atom. The van der Waals surface area contributed by atoms with Crippen molar-refractivity contribution in [1.29, 1.82) is 0 Å². The largest absolute Gasteiger partial charge is 0.331 e. The zero-order valence-electron chi connectivity index (χ0n) is 14.3. The number of fused-ring (bicyclic) bond motifs is 1. The second-order valence-electron chi connectivity index (χ2n) is 5.92. The number of carbonyl (C=O) groups excluding carboxylic acids is 1. The van der Waals surface area contributed by atoms with Crippen molar-refractivity contribution in [3.63, 3.8) is 0 Å². The Kier molecular flexibility index (Phi) is 4.59. The number of hydrogen-bond acceptors (Lipinski definition) is 4. The molecule has 0 radical (unpaired) electrons. The van der Waals surface area contributed by atoms with Crippen molar-refractivity contribution in [3.05, 3.63) is 61.6 Å². The van der Waals surface area contributed by atoms with Crippen LogP contribution in [-0.4, -0.2) is 15.0 Å². The van der Waals surface area contributed by atoms with Gasteiger partial charge in [0.05, 0.1) is 5.52 Å². The average Bonchev–Trinajstić information content (AvgIpc) is 3.05. The fraction of sp³-hybridized carbons (Fsp3) is 0.278. The molecule has 3 aromatic rings. The predicted molar refractivity (Wildman–Crippen MR) is 101 cm³/mol. The fourth-order valence-corrected chi connectivity index (χ4v) is 3.61. The predicted octanol–water partition coefficient (Wildman–Crippen LogP) is 2.50. The Labute approximate surface area is 148 Å². The van der Waals surface area contributed by atoms with Crippen LogP contribution in [0.4, 0.5) is 5.69 Å². The summed E-state index contributed by atoms with van der Waals surface area (Å²) in [4.78, 5) is 37.4. The lowest BCUT2D eigenvalue weighted by molar-refractivity contribution is -0.116. The highest BCUT2D eigenvalue weighted by Gasteiger charge is 2.16. The zero-order valence-corrected chi connectivity index (χ0v) is 15.1. The number of nitrogens with one attached hydrogen (secondary N) is 1. The van der Waals surface area contributed by atoms with Gasteiger partial charge in [-0.1, -0.05) is 12.1 Å². The molecule has 130 valence electrons. The minimum absolute atomic E-state index is 0.139. The summed E-state index contributed by atoms with van der Waals surface area (Å²) in [5.41, 5.74) is 2.45. The highest BCUT2D eigenvalue weighted by molar-refractivity contribution is 7.17. The van der Waals surface area contributed by atoms with Crippen molar-refractivity contribution in [1.82, 2.24) is 9.13 Å². The first-order chi connectivity index (χ1) is 11.9. The van der Waals surface area contributed by atoms with Gasteiger partial charge in [0, 0.05) is 12.2 Å². The van der Waals surface area contributed by atoms with Gasteiger partial charge in [-0.25, -0.2) is 4.79 Å². The molecule has 0 fully saturated rings. The highest BCUT2D eigenvalue weighted by Crippen LogP contribution is 2.18. The van der Waals surface area contributed by atoms with Crippen molar-refractivity contribution < 1.29 is 4.79 Å². The van der Waals surface area contributed by atoms with Gasteiger partial charge in [-0.15, -0.1) is 11.3 Å². The smallest absolute Gasteiger partial charge is 0.324 e. The maximum atomic E-state index is 12.6. The zero-order chi connectivity index (χ0) is 18.1. The number of amides is 1. The van der Waals surface area contributed by atoms with Gasteiger partial charge in [0.1, 0.15) is 11.2 Å². The number of anilines is 1. The lowest BCUT2D eigenvalue weighted by Crippen LogP contribution is -2.40. The molecule has 2 aromatic heterocycles. The number of thiophene rings is 1. The Bertz CT molecular complexity index is 1080. The second-order valence-corrected chi connectivity index (χ2v) is 6.84. The van der Waals surface area contributed by atoms with E-state index < -0.39 is 5.69 Å². The summed E-state index contributed by atoms with van der Waals surface area (Å²) in [6.45, 7) is 5.73. The number of nitrogens with zero attached hydrogens (tertiary/aromatic N) is 2. The number of aryl methyl sites for hydroxylation is 2. The van der Waals surface area contributed by atoms with Crippen LogP contribution in [0.3, 0.4) is 0 Å². The average molecular weight is 357 g/mol. The van der Waals surface area contributed by atoms with Crippen LogP contribution in [0.1, 0.15) is 18.1 Å². The molecule has 0 aliphatic heterocycles. The summed E-state index contributed by atoms with van der Waals surface area (Å²) < 4.78 is 3.00. The molecule has 1 amide bonds. The van der Waals surface area contributed by atoms with E-state index in [9.17, 15) is 14.4 Å². The summed E-state index contributed by atoms with van der Waals surface area (Å²) in [5.74, 6) is -0.301. The normalized spacial score (nSPS) is 11.0. The molecule has 3 rings (SSSR count). The minimum atomic E-state index is -0.463. The van der Waals surface area contributed by atoms with Crippen molar-refractivity contribution in [2.75, 3.05) is 5.32 Å². The van der Waals surface area contributed by atoms with E-state index in [-0.39, 0.29) is 24.6 Å². The van der Waals surface area contributed by atoms with Gasteiger partial charge in [-0.2, -0.15) is 0 Å². The first-order valence-corrected chi connectivity index (χ1v) is 8.88. The van der Waals surface area contributed by atoms with Crippen molar-refractivity contribution >= 4 is 33.1 Å². The van der Waals surface area contributed by atoms with Gasteiger partial charge in [0.25, 0.3) is 5.56 Å². The Morgan fingerprint density at radius 3 is 2.64 bits per heavy atom. The third kappa shape index (κ3) is 3.15. The van der Waals surface area contributed by atoms with E-state index >= 15 is 0 Å². The first-order valence-electron chi connectivity index (χ1n) is 8.00. The first kappa shape index (κ1) is 17.2. The second kappa shape index (κ2) is 6.68. The summed E-state index contributed by atoms with van der Waals surface area (Å²) in [7, 11) is 0. The summed E-state index contributed by atoms with van der Waals surface area (Å²) >= 11 is 1.28. The van der Waals surface area contributed by atoms with Crippen LogP contribution in [0.15, 0.2) is 39.2 Å². The van der Waals surface area contributed by atoms with Crippen LogP contribution in [-0.2, 0) is 17.9 Å². The molecule has 2 heterocycles. The maximum Gasteiger partial charge on any atom is 0.331 e. The van der Waals surface area contributed by atoms with Crippen molar-refractivity contribution in [2.45, 2.75) is 33.9 Å². The molecule has 0 unspecified atom stereocenters. The molecule has 0 aliphatic carbocycles. The molecule has 1 aromatic carbocycles. The van der Waals surface area contributed by atoms with Crippen LogP contribution in [0.25, 0.3) is 10.2 Å². The molecular weight excluding hydrogens is 338 g/mol. The molecular formula is C18H19N3O3S. The van der Waals surface area contributed by atoms with Crippen LogP contribution >= 0.6 is 11.3 Å². The van der Waals surface area contributed by atoms with Crippen LogP contribution in [0.2, 0.25) is 0 Å². The molecule has 7 heteroatoms. The molecule has 25 heavy (non-hydrogen) atoms. The van der Waals surface area contributed by atoms with Gasteiger partial charge in [0.15, 0.2) is 0 Å². The van der Waals surface area contributed by atoms with E-state index in [0.717, 1.165) is 21.4 Å². The fourth-order valence-electron chi connectivity index (χ4n) is 2.77. The van der Waals surface area contributed by atoms with Gasteiger partial charge < -0.3 is 5.32 Å². The number of benzene rings is 1. The highest BCUT2D eigenvalue weighted by atomic mass is 32.1. The Hall–Kier alpha value is -2.67. The van der Waals surface area contributed by atoms with E-state index in [1.807, 2.05) is 32.0 Å². The van der Waals surface area contributed by atoms with Crippen molar-refractivity contribution in [3.8, 4) is 0 Å². The molecule has 0 spiro atoms. The molecule has 0 saturated heterocycles. The van der Waals surface area contributed by atoms with E-state index in [4.69, 9.17) is 0 Å². The number of aromatic nitrogens is 2. The van der Waals surface area contributed by atoms with E-state index in [0.29, 0.717) is 10.2 Å². The molecule has 0 bridgehead atoms. The third-order valence-corrected chi connectivity index (χ3v) is 5.01.